The molecule has 9 nitrogen and oxygen atoms in total. The summed E-state index contributed by atoms with van der Waals surface area (Å²) in [6.45, 7) is 5.33. The number of carbonyl (C=O) groups is 1. The Labute approximate surface area is 200 Å². The van der Waals surface area contributed by atoms with E-state index in [0.29, 0.717) is 66.1 Å². The zero-order chi connectivity index (χ0) is 24.4. The first kappa shape index (κ1) is 23.5. The normalized spacial score (nSPS) is 14.2. The van der Waals surface area contributed by atoms with Crippen LogP contribution in [0.3, 0.4) is 0 Å². The van der Waals surface area contributed by atoms with Crippen LogP contribution in [0, 0.1) is 21.9 Å². The highest BCUT2D eigenvalue weighted by atomic mass is 32.1. The second-order valence-electron chi connectivity index (χ2n) is 8.01. The minimum absolute atomic E-state index is 0.0386. The molecule has 0 atom stereocenters. The second-order valence-corrected chi connectivity index (χ2v) is 8.39. The van der Waals surface area contributed by atoms with Crippen molar-refractivity contribution in [3.63, 3.8) is 0 Å². The zero-order valence-electron chi connectivity index (χ0n) is 18.9. The number of aromatic amines is 1. The first-order chi connectivity index (χ1) is 16.4. The molecule has 1 amide bonds. The van der Waals surface area contributed by atoms with Gasteiger partial charge in [-0.05, 0) is 36.8 Å². The van der Waals surface area contributed by atoms with E-state index in [-0.39, 0.29) is 11.4 Å². The lowest BCUT2D eigenvalue weighted by Gasteiger charge is -2.36. The topological polar surface area (TPSA) is 110 Å². The summed E-state index contributed by atoms with van der Waals surface area (Å²) in [5.41, 5.74) is 1.98. The number of nitrogens with one attached hydrogen (secondary N) is 2. The number of nitriles is 1. The maximum Gasteiger partial charge on any atom is 0.326 e. The van der Waals surface area contributed by atoms with Crippen LogP contribution < -0.4 is 15.9 Å². The zero-order valence-corrected chi connectivity index (χ0v) is 19.7. The lowest BCUT2D eigenvalue weighted by molar-refractivity contribution is 0.0957. The van der Waals surface area contributed by atoms with Crippen LogP contribution >= 0.6 is 12.2 Å². The van der Waals surface area contributed by atoms with Gasteiger partial charge in [0.15, 0.2) is 0 Å². The monoisotopic (exact) mass is 481 g/mol. The number of rotatable bonds is 5. The maximum atomic E-state index is 14.5. The molecule has 2 N–H and O–H groups in total. The van der Waals surface area contributed by atoms with E-state index in [2.05, 4.69) is 26.3 Å². The number of amides is 1. The van der Waals surface area contributed by atoms with E-state index < -0.39 is 11.9 Å². The third-order valence-electron chi connectivity index (χ3n) is 5.99. The van der Waals surface area contributed by atoms with Crippen LogP contribution in [-0.4, -0.2) is 58.6 Å². The number of H-pyrrole nitrogens is 1. The lowest BCUT2D eigenvalue weighted by atomic mass is 10.1. The first-order valence-corrected chi connectivity index (χ1v) is 11.3. The molecule has 1 saturated heterocycles. The second kappa shape index (κ2) is 9.70. The highest BCUT2D eigenvalue weighted by Crippen LogP contribution is 2.23. The number of hydrogen-bond acceptors (Lipinski definition) is 7. The van der Waals surface area contributed by atoms with Gasteiger partial charge in [0.2, 0.25) is 5.95 Å². The smallest absolute Gasteiger partial charge is 0.326 e. The maximum absolute atomic E-state index is 14.5. The van der Waals surface area contributed by atoms with Gasteiger partial charge in [-0.25, -0.2) is 9.78 Å². The molecular weight excluding hydrogens is 457 g/mol. The van der Waals surface area contributed by atoms with Gasteiger partial charge in [0.1, 0.15) is 10.3 Å². The third-order valence-corrected chi connectivity index (χ3v) is 6.41. The van der Waals surface area contributed by atoms with Crippen molar-refractivity contribution >= 4 is 34.7 Å². The van der Waals surface area contributed by atoms with Crippen LogP contribution in [0.4, 0.5) is 10.1 Å². The molecule has 3 heterocycles. The van der Waals surface area contributed by atoms with Gasteiger partial charge < -0.3 is 15.2 Å². The number of pyridine rings is 1. The Balaban J connectivity index is 1.51. The highest BCUT2D eigenvalue weighted by molar-refractivity contribution is 7.71. The van der Waals surface area contributed by atoms with Crippen LogP contribution in [0.2, 0.25) is 0 Å². The molecule has 0 aliphatic carbocycles. The van der Waals surface area contributed by atoms with E-state index in [0.717, 1.165) is 5.56 Å². The fourth-order valence-electron chi connectivity index (χ4n) is 4.23. The number of halogens is 1. The molecule has 0 bridgehead atoms. The van der Waals surface area contributed by atoms with Crippen molar-refractivity contribution in [2.24, 2.45) is 0 Å². The minimum Gasteiger partial charge on any atom is -0.365 e. The molecule has 0 spiro atoms. The quantitative estimate of drug-likeness (QED) is 0.425. The summed E-state index contributed by atoms with van der Waals surface area (Å²) >= 11 is 5.46. The van der Waals surface area contributed by atoms with Gasteiger partial charge in [-0.15, -0.1) is 0 Å². The van der Waals surface area contributed by atoms with Crippen LogP contribution in [0.25, 0.3) is 10.9 Å². The van der Waals surface area contributed by atoms with E-state index in [1.54, 1.807) is 6.07 Å². The Morgan fingerprint density at radius 2 is 2.03 bits per heavy atom. The van der Waals surface area contributed by atoms with E-state index >= 15 is 0 Å². The van der Waals surface area contributed by atoms with Crippen LogP contribution in [0.1, 0.15) is 28.5 Å². The fourth-order valence-corrected chi connectivity index (χ4v) is 4.66. The lowest BCUT2D eigenvalue weighted by Crippen LogP contribution is -2.46. The van der Waals surface area contributed by atoms with Crippen molar-refractivity contribution in [2.75, 3.05) is 38.1 Å². The molecule has 1 fully saturated rings. The van der Waals surface area contributed by atoms with Gasteiger partial charge in [0.25, 0.3) is 5.91 Å². The molecule has 4 rings (SSSR count). The molecule has 34 heavy (non-hydrogen) atoms. The van der Waals surface area contributed by atoms with E-state index in [4.69, 9.17) is 12.2 Å². The van der Waals surface area contributed by atoms with Crippen molar-refractivity contribution in [2.45, 2.75) is 20.0 Å². The fraction of sp³-hybridized carbons (Fsp3) is 0.348. The summed E-state index contributed by atoms with van der Waals surface area (Å²) in [7, 11) is 1.47. The number of nitrogens with zero attached hydrogens (tertiary/aromatic N) is 5. The molecule has 11 heteroatoms. The molecule has 1 aromatic carbocycles. The SMILES string of the molecule is CCn1c(=O)[nH]c2cc(CN3CCN(c4ccc(C(=O)NC)nc4F)CC3)cc(C#N)c2c1=S. The predicted molar refractivity (Wildman–Crippen MR) is 129 cm³/mol. The predicted octanol–water partition coefficient (Wildman–Crippen LogP) is 2.17. The molecule has 0 unspecified atom stereocenters. The highest BCUT2D eigenvalue weighted by Gasteiger charge is 2.22. The summed E-state index contributed by atoms with van der Waals surface area (Å²) in [4.78, 5) is 34.7. The number of anilines is 1. The number of fused-ring (bicyclic) bond motifs is 1. The molecular formula is C23H24FN7O2S. The average Bonchev–Trinajstić information content (AvgIpc) is 2.83. The summed E-state index contributed by atoms with van der Waals surface area (Å²) in [5, 5.41) is 12.7. The number of carbonyl (C=O) groups excluding carboxylic acids is 1. The Hall–Kier alpha value is -3.62. The van der Waals surface area contributed by atoms with E-state index in [9.17, 15) is 19.2 Å². The Bertz CT molecular complexity index is 1420. The first-order valence-electron chi connectivity index (χ1n) is 10.9. The van der Waals surface area contributed by atoms with Gasteiger partial charge >= 0.3 is 5.69 Å². The summed E-state index contributed by atoms with van der Waals surface area (Å²) in [6, 6.07) is 8.97. The van der Waals surface area contributed by atoms with Gasteiger partial charge in [-0.1, -0.05) is 12.2 Å². The third kappa shape index (κ3) is 4.42. The Morgan fingerprint density at radius 1 is 1.29 bits per heavy atom. The van der Waals surface area contributed by atoms with Gasteiger partial charge in [-0.2, -0.15) is 9.65 Å². The molecule has 176 valence electrons. The Kier molecular flexibility index (Phi) is 6.72. The standard InChI is InChI=1S/C23H24FN7O2S/c1-3-31-22(34)19-15(12-25)10-14(11-17(19)28-23(31)33)13-29-6-8-30(9-7-29)18-5-4-16(21(32)26-2)27-20(18)24/h4-5,10-11H,3,6-9,13H2,1-2H3,(H,26,32)(H,28,33). The number of benzene rings is 1. The van der Waals surface area contributed by atoms with Gasteiger partial charge in [0.05, 0.1) is 28.2 Å². The molecule has 2 aromatic heterocycles. The van der Waals surface area contributed by atoms with Crippen molar-refractivity contribution in [3.05, 3.63) is 62.2 Å². The van der Waals surface area contributed by atoms with Crippen molar-refractivity contribution < 1.29 is 9.18 Å². The molecule has 1 aliphatic heterocycles. The summed E-state index contributed by atoms with van der Waals surface area (Å²) < 4.78 is 16.3. The van der Waals surface area contributed by atoms with Gasteiger partial charge in [-0.3, -0.25) is 14.3 Å². The van der Waals surface area contributed by atoms with Crippen molar-refractivity contribution in [3.8, 4) is 6.07 Å². The minimum atomic E-state index is -0.671. The summed E-state index contributed by atoms with van der Waals surface area (Å²) in [5.74, 6) is -1.10. The number of hydrogen-bond donors (Lipinski definition) is 2. The largest absolute Gasteiger partial charge is 0.365 e. The van der Waals surface area contributed by atoms with Crippen LogP contribution in [0.15, 0.2) is 29.1 Å². The number of piperazine rings is 1. The van der Waals surface area contributed by atoms with E-state index in [1.165, 1.54) is 17.7 Å². The van der Waals surface area contributed by atoms with E-state index in [1.807, 2.05) is 24.0 Å². The van der Waals surface area contributed by atoms with Crippen LogP contribution in [0.5, 0.6) is 0 Å². The molecule has 3 aromatic rings. The Morgan fingerprint density at radius 3 is 2.65 bits per heavy atom. The van der Waals surface area contributed by atoms with Gasteiger partial charge in [0, 0.05) is 46.3 Å². The van der Waals surface area contributed by atoms with Crippen LogP contribution in [-0.2, 0) is 13.1 Å². The average molecular weight is 482 g/mol. The van der Waals surface area contributed by atoms with Crippen molar-refractivity contribution in [1.29, 1.82) is 5.26 Å². The molecule has 1 aliphatic rings. The summed E-state index contributed by atoms with van der Waals surface area (Å²) in [6.07, 6.45) is 0. The molecule has 0 saturated carbocycles. The van der Waals surface area contributed by atoms with Crippen molar-refractivity contribution in [1.82, 2.24) is 24.8 Å². The number of aromatic nitrogens is 3. The molecule has 0 radical (unpaired) electrons.